The number of nitrogens with one attached hydrogen (secondary N) is 1. The van der Waals surface area contributed by atoms with Gasteiger partial charge in [-0.3, -0.25) is 13.8 Å². The molecule has 314 valence electrons. The van der Waals surface area contributed by atoms with E-state index in [9.17, 15) is 19.4 Å². The smallest absolute Gasteiger partial charge is 0.387 e. The number of hydrogen-bond donors (Lipinski definition) is 3. The highest BCUT2D eigenvalue weighted by Gasteiger charge is 2.27. The van der Waals surface area contributed by atoms with E-state index in [1.165, 1.54) is 89.9 Å². The van der Waals surface area contributed by atoms with E-state index in [0.29, 0.717) is 17.4 Å². The molecule has 1 amide bonds. The van der Waals surface area contributed by atoms with Crippen LogP contribution in [0.4, 0.5) is 0 Å². The van der Waals surface area contributed by atoms with Gasteiger partial charge in [0.2, 0.25) is 5.91 Å². The molecule has 3 unspecified atom stereocenters. The average molecular weight is 780 g/mol. The van der Waals surface area contributed by atoms with E-state index in [4.69, 9.17) is 9.05 Å². The Morgan fingerprint density at radius 2 is 1.07 bits per heavy atom. The van der Waals surface area contributed by atoms with Crippen LogP contribution in [0.25, 0.3) is 0 Å². The summed E-state index contributed by atoms with van der Waals surface area (Å²) >= 11 is 0. The lowest BCUT2D eigenvalue weighted by atomic mass is 10.1. The maximum atomic E-state index is 12.8. The standard InChI is InChI=1S/C45H83N2O6P/c1-6-8-10-12-14-16-18-20-21-22-23-24-25-27-29-31-33-35-37-39-45(49)46-43(42-53-54(50,51)52-41-40-47(3,4)5)44(48)38-36-34-32-30-28-26-19-17-15-13-11-9-7-2/h14-17,20-21,28,30,36,38,43-44,48H,6-13,18-19,22-27,29,31-35,37,39-42H2,1-5H3,(H-,46,49,50,51)/p+1/b16-14-,17-15+,21-20-,30-28+,38-36+. The van der Waals surface area contributed by atoms with Crippen molar-refractivity contribution in [3.05, 3.63) is 60.8 Å². The van der Waals surface area contributed by atoms with Crippen molar-refractivity contribution in [1.29, 1.82) is 0 Å². The molecule has 0 aromatic heterocycles. The lowest BCUT2D eigenvalue weighted by Gasteiger charge is -2.25. The van der Waals surface area contributed by atoms with E-state index in [1.54, 1.807) is 6.08 Å². The summed E-state index contributed by atoms with van der Waals surface area (Å²) in [6, 6.07) is -0.872. The molecule has 0 radical (unpaired) electrons. The second-order valence-electron chi connectivity index (χ2n) is 15.7. The molecule has 9 heteroatoms. The summed E-state index contributed by atoms with van der Waals surface area (Å²) in [7, 11) is 1.53. The largest absolute Gasteiger partial charge is 0.472 e. The molecule has 0 aromatic rings. The Hall–Kier alpha value is -1.80. The lowest BCUT2D eigenvalue weighted by molar-refractivity contribution is -0.870. The quantitative estimate of drug-likeness (QED) is 0.0249. The summed E-state index contributed by atoms with van der Waals surface area (Å²) in [5.41, 5.74) is 0. The molecule has 0 aliphatic rings. The first-order valence-electron chi connectivity index (χ1n) is 21.7. The molecule has 0 heterocycles. The maximum Gasteiger partial charge on any atom is 0.472 e. The third-order valence-corrected chi connectivity index (χ3v) is 10.2. The third kappa shape index (κ3) is 38.5. The molecule has 0 saturated carbocycles. The number of carbonyl (C=O) groups excluding carboxylic acids is 1. The SMILES string of the molecule is CCCCC/C=C\C/C=C\CCCCCCCCCCCC(=O)NC(COP(=O)(O)OCC[N+](C)(C)C)C(O)/C=C/CC/C=C/CC/C=C/CCCCC. The van der Waals surface area contributed by atoms with Gasteiger partial charge in [-0.05, 0) is 77.0 Å². The Morgan fingerprint density at radius 3 is 1.59 bits per heavy atom. The van der Waals surface area contributed by atoms with Crippen molar-refractivity contribution in [3.8, 4) is 0 Å². The van der Waals surface area contributed by atoms with Crippen molar-refractivity contribution < 1.29 is 32.9 Å². The van der Waals surface area contributed by atoms with Crippen molar-refractivity contribution >= 4 is 13.7 Å². The van der Waals surface area contributed by atoms with Crippen LogP contribution in [0.3, 0.4) is 0 Å². The topological polar surface area (TPSA) is 105 Å². The number of aliphatic hydroxyl groups excluding tert-OH is 1. The molecule has 0 bridgehead atoms. The van der Waals surface area contributed by atoms with Crippen molar-refractivity contribution in [2.75, 3.05) is 40.9 Å². The van der Waals surface area contributed by atoms with Crippen LogP contribution in [-0.2, 0) is 18.4 Å². The number of unbranched alkanes of at least 4 members (excludes halogenated alkanes) is 17. The predicted octanol–water partition coefficient (Wildman–Crippen LogP) is 11.9. The first-order chi connectivity index (χ1) is 26.0. The molecular formula is C45H84N2O6P+. The molecule has 0 rings (SSSR count). The van der Waals surface area contributed by atoms with Gasteiger partial charge in [-0.15, -0.1) is 0 Å². The molecule has 0 fully saturated rings. The van der Waals surface area contributed by atoms with Gasteiger partial charge in [0.1, 0.15) is 13.2 Å². The van der Waals surface area contributed by atoms with Crippen molar-refractivity contribution in [1.82, 2.24) is 5.32 Å². The van der Waals surface area contributed by atoms with E-state index in [-0.39, 0.29) is 19.1 Å². The molecular weight excluding hydrogens is 695 g/mol. The zero-order valence-electron chi connectivity index (χ0n) is 35.4. The molecule has 0 saturated heterocycles. The highest BCUT2D eigenvalue weighted by atomic mass is 31.2. The van der Waals surface area contributed by atoms with Crippen LogP contribution in [0, 0.1) is 0 Å². The Kier molecular flexibility index (Phi) is 35.6. The fraction of sp³-hybridized carbons (Fsp3) is 0.756. The van der Waals surface area contributed by atoms with Gasteiger partial charge in [-0.25, -0.2) is 4.57 Å². The highest BCUT2D eigenvalue weighted by Crippen LogP contribution is 2.43. The summed E-state index contributed by atoms with van der Waals surface area (Å²) in [4.78, 5) is 23.1. The van der Waals surface area contributed by atoms with Gasteiger partial charge in [0.25, 0.3) is 0 Å². The number of hydrogen-bond acceptors (Lipinski definition) is 5. The van der Waals surface area contributed by atoms with Crippen LogP contribution >= 0.6 is 7.82 Å². The van der Waals surface area contributed by atoms with Crippen LogP contribution in [0.15, 0.2) is 60.8 Å². The fourth-order valence-corrected chi connectivity index (χ4v) is 6.42. The third-order valence-electron chi connectivity index (χ3n) is 9.19. The van der Waals surface area contributed by atoms with Crippen LogP contribution < -0.4 is 5.32 Å². The molecule has 3 atom stereocenters. The number of phosphoric ester groups is 1. The zero-order chi connectivity index (χ0) is 40.0. The normalized spacial score (nSPS) is 15.0. The van der Waals surface area contributed by atoms with Gasteiger partial charge >= 0.3 is 7.82 Å². The van der Waals surface area contributed by atoms with Crippen molar-refractivity contribution in [3.63, 3.8) is 0 Å². The summed E-state index contributed by atoms with van der Waals surface area (Å²) in [6.07, 6.45) is 47.1. The number of likely N-dealkylation sites (N-methyl/N-ethyl adjacent to an activating group) is 1. The molecule has 0 spiro atoms. The van der Waals surface area contributed by atoms with E-state index in [2.05, 4.69) is 67.8 Å². The van der Waals surface area contributed by atoms with E-state index >= 15 is 0 Å². The first-order valence-corrected chi connectivity index (χ1v) is 23.2. The predicted molar refractivity (Wildman–Crippen MR) is 230 cm³/mol. The highest BCUT2D eigenvalue weighted by molar-refractivity contribution is 7.47. The second-order valence-corrected chi connectivity index (χ2v) is 17.1. The first kappa shape index (κ1) is 52.2. The number of aliphatic hydroxyl groups is 1. The number of rotatable bonds is 38. The summed E-state index contributed by atoms with van der Waals surface area (Å²) in [5, 5.41) is 13.8. The zero-order valence-corrected chi connectivity index (χ0v) is 36.3. The molecule has 54 heavy (non-hydrogen) atoms. The molecule has 3 N–H and O–H groups in total. The van der Waals surface area contributed by atoms with Crippen LogP contribution in [0.2, 0.25) is 0 Å². The number of nitrogens with zero attached hydrogens (tertiary/aromatic N) is 1. The van der Waals surface area contributed by atoms with Crippen molar-refractivity contribution in [2.45, 2.75) is 180 Å². The maximum absolute atomic E-state index is 12.8. The van der Waals surface area contributed by atoms with Crippen LogP contribution in [-0.4, -0.2) is 73.4 Å². The van der Waals surface area contributed by atoms with E-state index in [1.807, 2.05) is 27.2 Å². The second kappa shape index (κ2) is 36.8. The van der Waals surface area contributed by atoms with Crippen LogP contribution in [0.1, 0.15) is 168 Å². The monoisotopic (exact) mass is 780 g/mol. The summed E-state index contributed by atoms with van der Waals surface area (Å²) < 4.78 is 23.5. The molecule has 8 nitrogen and oxygen atoms in total. The van der Waals surface area contributed by atoms with E-state index < -0.39 is 20.0 Å². The Morgan fingerprint density at radius 1 is 0.630 bits per heavy atom. The van der Waals surface area contributed by atoms with Gasteiger partial charge in [0.05, 0.1) is 39.9 Å². The molecule has 0 aromatic carbocycles. The number of amides is 1. The van der Waals surface area contributed by atoms with Gasteiger partial charge in [-0.2, -0.15) is 0 Å². The molecule has 0 aliphatic carbocycles. The number of carbonyl (C=O) groups is 1. The fourth-order valence-electron chi connectivity index (χ4n) is 5.69. The van der Waals surface area contributed by atoms with Gasteiger partial charge in [0, 0.05) is 6.42 Å². The summed E-state index contributed by atoms with van der Waals surface area (Å²) in [5.74, 6) is -0.200. The van der Waals surface area contributed by atoms with Gasteiger partial charge < -0.3 is 19.8 Å². The Labute approximate surface area is 332 Å². The number of quaternary nitrogens is 1. The minimum absolute atomic E-state index is 0.0503. The van der Waals surface area contributed by atoms with Gasteiger partial charge in [-0.1, -0.05) is 145 Å². The minimum Gasteiger partial charge on any atom is -0.387 e. The average Bonchev–Trinajstić information content (AvgIpc) is 3.12. The number of phosphoric acid groups is 1. The lowest BCUT2D eigenvalue weighted by Crippen LogP contribution is -2.45. The molecule has 0 aliphatic heterocycles. The van der Waals surface area contributed by atoms with Crippen LogP contribution in [0.5, 0.6) is 0 Å². The van der Waals surface area contributed by atoms with Crippen molar-refractivity contribution in [2.24, 2.45) is 0 Å². The van der Waals surface area contributed by atoms with Gasteiger partial charge in [0.15, 0.2) is 0 Å². The number of allylic oxidation sites excluding steroid dienone is 9. The Bertz CT molecular complexity index is 1060. The minimum atomic E-state index is -4.35. The van der Waals surface area contributed by atoms with E-state index in [0.717, 1.165) is 57.8 Å². The Balaban J connectivity index is 4.47. The summed E-state index contributed by atoms with van der Waals surface area (Å²) in [6.45, 7) is 4.70.